The Balaban J connectivity index is 1.89. The summed E-state index contributed by atoms with van der Waals surface area (Å²) in [6.45, 7) is 2.56. The number of hydrogen-bond acceptors (Lipinski definition) is 5. The Morgan fingerprint density at radius 3 is 2.84 bits per heavy atom. The Hall–Kier alpha value is -2.74. The van der Waals surface area contributed by atoms with E-state index in [4.69, 9.17) is 5.73 Å². The van der Waals surface area contributed by atoms with Crippen molar-refractivity contribution >= 4 is 11.6 Å². The standard InChI is InChI=1S/C17H21N5O3/c1-12(18)14-6-4-5-10-20(14)17(23)13-9-11-21(19-13)15-7-2-3-8-16(15)22(24)25/h2-3,7-9,11-12,14H,4-6,10,18H2,1H3. The Morgan fingerprint density at radius 2 is 2.12 bits per heavy atom. The SMILES string of the molecule is CC(N)C1CCCCN1C(=O)c1ccn(-c2ccccc2[N+](=O)[O-])n1. The highest BCUT2D eigenvalue weighted by Crippen LogP contribution is 2.24. The molecule has 2 heterocycles. The number of nitro benzene ring substituents is 1. The second-order valence-corrected chi connectivity index (χ2v) is 6.31. The Bertz CT molecular complexity index is 786. The highest BCUT2D eigenvalue weighted by Gasteiger charge is 2.31. The molecule has 2 aromatic rings. The predicted octanol–water partition coefficient (Wildman–Crippen LogP) is 2.12. The molecule has 2 atom stereocenters. The minimum atomic E-state index is -0.463. The minimum absolute atomic E-state index is 0.00235. The topological polar surface area (TPSA) is 107 Å². The van der Waals surface area contributed by atoms with E-state index in [0.717, 1.165) is 19.3 Å². The Kier molecular flexibility index (Phi) is 4.80. The van der Waals surface area contributed by atoms with E-state index in [2.05, 4.69) is 5.10 Å². The van der Waals surface area contributed by atoms with Crippen molar-refractivity contribution in [3.63, 3.8) is 0 Å². The first-order chi connectivity index (χ1) is 12.0. The fourth-order valence-electron chi connectivity index (χ4n) is 3.29. The van der Waals surface area contributed by atoms with E-state index in [1.54, 1.807) is 35.4 Å². The minimum Gasteiger partial charge on any atom is -0.333 e. The van der Waals surface area contributed by atoms with Crippen LogP contribution in [0.3, 0.4) is 0 Å². The van der Waals surface area contributed by atoms with Crippen molar-refractivity contribution in [1.29, 1.82) is 0 Å². The highest BCUT2D eigenvalue weighted by atomic mass is 16.6. The van der Waals surface area contributed by atoms with Gasteiger partial charge in [0.25, 0.3) is 11.6 Å². The van der Waals surface area contributed by atoms with Gasteiger partial charge in [-0.2, -0.15) is 5.10 Å². The number of para-hydroxylation sites is 2. The first-order valence-corrected chi connectivity index (χ1v) is 8.35. The van der Waals surface area contributed by atoms with Gasteiger partial charge in [-0.05, 0) is 38.3 Å². The van der Waals surface area contributed by atoms with Crippen molar-refractivity contribution in [3.05, 3.63) is 52.3 Å². The van der Waals surface area contributed by atoms with Crippen LogP contribution < -0.4 is 5.73 Å². The van der Waals surface area contributed by atoms with Gasteiger partial charge in [-0.1, -0.05) is 12.1 Å². The zero-order valence-electron chi connectivity index (χ0n) is 14.0. The third kappa shape index (κ3) is 3.39. The van der Waals surface area contributed by atoms with Crippen LogP contribution >= 0.6 is 0 Å². The molecule has 2 unspecified atom stereocenters. The van der Waals surface area contributed by atoms with Gasteiger partial charge in [-0.15, -0.1) is 0 Å². The van der Waals surface area contributed by atoms with Gasteiger partial charge in [0, 0.05) is 30.9 Å². The van der Waals surface area contributed by atoms with E-state index in [0.29, 0.717) is 12.2 Å². The maximum atomic E-state index is 12.8. The molecule has 3 rings (SSSR count). The number of nitro groups is 1. The maximum absolute atomic E-state index is 12.8. The lowest BCUT2D eigenvalue weighted by molar-refractivity contribution is -0.384. The average molecular weight is 343 g/mol. The number of piperidine rings is 1. The molecule has 0 saturated carbocycles. The van der Waals surface area contributed by atoms with Crippen molar-refractivity contribution < 1.29 is 9.72 Å². The molecule has 1 saturated heterocycles. The number of aromatic nitrogens is 2. The normalized spacial score (nSPS) is 18.8. The Morgan fingerprint density at radius 1 is 1.36 bits per heavy atom. The molecule has 8 nitrogen and oxygen atoms in total. The molecule has 1 aliphatic heterocycles. The quantitative estimate of drug-likeness (QED) is 0.676. The Labute approximate surface area is 145 Å². The smallest absolute Gasteiger partial charge is 0.294 e. The van der Waals surface area contributed by atoms with Crippen LogP contribution in [0, 0.1) is 10.1 Å². The van der Waals surface area contributed by atoms with E-state index in [9.17, 15) is 14.9 Å². The number of nitrogens with two attached hydrogens (primary N) is 1. The molecule has 0 aliphatic carbocycles. The van der Waals surface area contributed by atoms with Crippen LogP contribution in [0.1, 0.15) is 36.7 Å². The fraction of sp³-hybridized carbons (Fsp3) is 0.412. The van der Waals surface area contributed by atoms with E-state index in [1.165, 1.54) is 10.7 Å². The average Bonchev–Trinajstić information content (AvgIpc) is 3.11. The molecule has 8 heteroatoms. The first kappa shape index (κ1) is 17.1. The van der Waals surface area contributed by atoms with Crippen molar-refractivity contribution in [2.24, 2.45) is 5.73 Å². The number of carbonyl (C=O) groups excluding carboxylic acids is 1. The van der Waals surface area contributed by atoms with Crippen LogP contribution in [0.5, 0.6) is 0 Å². The molecule has 1 fully saturated rings. The number of likely N-dealkylation sites (tertiary alicyclic amines) is 1. The van der Waals surface area contributed by atoms with Gasteiger partial charge in [-0.25, -0.2) is 4.68 Å². The molecule has 2 N–H and O–H groups in total. The molecule has 1 aromatic carbocycles. The van der Waals surface area contributed by atoms with Gasteiger partial charge in [0.05, 0.1) is 4.92 Å². The molecule has 1 amide bonds. The van der Waals surface area contributed by atoms with Crippen LogP contribution in [-0.4, -0.2) is 44.1 Å². The van der Waals surface area contributed by atoms with Crippen LogP contribution in [0.15, 0.2) is 36.5 Å². The predicted molar refractivity (Wildman–Crippen MR) is 92.5 cm³/mol. The molecule has 0 radical (unpaired) electrons. The molecule has 0 spiro atoms. The van der Waals surface area contributed by atoms with Gasteiger partial charge >= 0.3 is 0 Å². The van der Waals surface area contributed by atoms with Crippen LogP contribution in [-0.2, 0) is 0 Å². The summed E-state index contributed by atoms with van der Waals surface area (Å²) >= 11 is 0. The fourth-order valence-corrected chi connectivity index (χ4v) is 3.29. The van der Waals surface area contributed by atoms with Crippen molar-refractivity contribution in [2.75, 3.05) is 6.54 Å². The van der Waals surface area contributed by atoms with E-state index < -0.39 is 4.92 Å². The summed E-state index contributed by atoms with van der Waals surface area (Å²) in [5.74, 6) is -0.181. The van der Waals surface area contributed by atoms with Crippen LogP contribution in [0.2, 0.25) is 0 Å². The lowest BCUT2D eigenvalue weighted by Crippen LogP contribution is -2.51. The van der Waals surface area contributed by atoms with Gasteiger partial charge in [-0.3, -0.25) is 14.9 Å². The molecular formula is C17H21N5O3. The van der Waals surface area contributed by atoms with Crippen molar-refractivity contribution in [2.45, 2.75) is 38.3 Å². The van der Waals surface area contributed by atoms with E-state index in [-0.39, 0.29) is 29.4 Å². The molecule has 1 aromatic heterocycles. The number of carbonyl (C=O) groups is 1. The summed E-state index contributed by atoms with van der Waals surface area (Å²) in [5, 5.41) is 15.4. The lowest BCUT2D eigenvalue weighted by atomic mass is 9.96. The molecule has 0 bridgehead atoms. The molecule has 1 aliphatic rings. The number of nitrogens with zero attached hydrogens (tertiary/aromatic N) is 4. The monoisotopic (exact) mass is 343 g/mol. The highest BCUT2D eigenvalue weighted by molar-refractivity contribution is 5.92. The number of hydrogen-bond donors (Lipinski definition) is 1. The zero-order valence-corrected chi connectivity index (χ0v) is 14.0. The van der Waals surface area contributed by atoms with E-state index >= 15 is 0 Å². The number of benzene rings is 1. The van der Waals surface area contributed by atoms with Crippen LogP contribution in [0.25, 0.3) is 5.69 Å². The molecular weight excluding hydrogens is 322 g/mol. The second kappa shape index (κ2) is 7.02. The summed E-state index contributed by atoms with van der Waals surface area (Å²) in [4.78, 5) is 25.3. The van der Waals surface area contributed by atoms with Crippen molar-refractivity contribution in [3.8, 4) is 5.69 Å². The van der Waals surface area contributed by atoms with Crippen molar-refractivity contribution in [1.82, 2.24) is 14.7 Å². The molecule has 25 heavy (non-hydrogen) atoms. The third-order valence-corrected chi connectivity index (χ3v) is 4.55. The second-order valence-electron chi connectivity index (χ2n) is 6.31. The third-order valence-electron chi connectivity index (χ3n) is 4.55. The zero-order chi connectivity index (χ0) is 18.0. The van der Waals surface area contributed by atoms with Gasteiger partial charge in [0.2, 0.25) is 0 Å². The van der Waals surface area contributed by atoms with Gasteiger partial charge in [0.1, 0.15) is 5.69 Å². The summed E-state index contributed by atoms with van der Waals surface area (Å²) in [7, 11) is 0. The number of rotatable bonds is 4. The maximum Gasteiger partial charge on any atom is 0.294 e. The lowest BCUT2D eigenvalue weighted by Gasteiger charge is -2.37. The van der Waals surface area contributed by atoms with Gasteiger partial charge < -0.3 is 10.6 Å². The summed E-state index contributed by atoms with van der Waals surface area (Å²) in [5.41, 5.74) is 6.57. The van der Waals surface area contributed by atoms with Crippen LogP contribution in [0.4, 0.5) is 5.69 Å². The van der Waals surface area contributed by atoms with E-state index in [1.807, 2.05) is 6.92 Å². The summed E-state index contributed by atoms with van der Waals surface area (Å²) in [6.07, 6.45) is 4.45. The van der Waals surface area contributed by atoms with Gasteiger partial charge in [0.15, 0.2) is 5.69 Å². The first-order valence-electron chi connectivity index (χ1n) is 8.35. The number of amides is 1. The molecule has 132 valence electrons. The summed E-state index contributed by atoms with van der Waals surface area (Å²) in [6, 6.07) is 7.78. The largest absolute Gasteiger partial charge is 0.333 e. The summed E-state index contributed by atoms with van der Waals surface area (Å²) < 4.78 is 1.37.